The van der Waals surface area contributed by atoms with E-state index < -0.39 is 0 Å². The quantitative estimate of drug-likeness (QED) is 0.534. The summed E-state index contributed by atoms with van der Waals surface area (Å²) in [6, 6.07) is 0.270. The molecule has 1 amide bonds. The van der Waals surface area contributed by atoms with E-state index in [4.69, 9.17) is 10.5 Å². The van der Waals surface area contributed by atoms with Gasteiger partial charge in [-0.2, -0.15) is 0 Å². The first-order valence-corrected chi connectivity index (χ1v) is 3.98. The number of nitrogens with zero attached hydrogens (tertiary/aromatic N) is 1. The highest BCUT2D eigenvalue weighted by molar-refractivity contribution is 5.70. The van der Waals surface area contributed by atoms with Crippen LogP contribution in [0.5, 0.6) is 0 Å². The monoisotopic (exact) mass is 156 g/mol. The molecule has 0 unspecified atom stereocenters. The number of carbonyl (C=O) groups excluding carboxylic acids is 1. The van der Waals surface area contributed by atoms with Crippen molar-refractivity contribution in [1.29, 1.82) is 0 Å². The standard InChI is InChI=1S/C7H12N2O2/c8-5-2-1-3-9-6(5)4-11-7(9)10/h5-6H,1-4,8H2/t5-,6-/m0/s1. The minimum Gasteiger partial charge on any atom is -0.447 e. The predicted molar refractivity (Wildman–Crippen MR) is 39.1 cm³/mol. The van der Waals surface area contributed by atoms with E-state index in [1.165, 1.54) is 0 Å². The van der Waals surface area contributed by atoms with Gasteiger partial charge in [0.05, 0.1) is 6.04 Å². The molecule has 4 nitrogen and oxygen atoms in total. The average Bonchev–Trinajstić information content (AvgIpc) is 2.35. The van der Waals surface area contributed by atoms with Crippen molar-refractivity contribution in [3.8, 4) is 0 Å². The first-order valence-electron chi connectivity index (χ1n) is 3.98. The lowest BCUT2D eigenvalue weighted by atomic mass is 9.99. The third-order valence-electron chi connectivity index (χ3n) is 2.44. The molecule has 11 heavy (non-hydrogen) atoms. The van der Waals surface area contributed by atoms with E-state index in [0.717, 1.165) is 19.4 Å². The third kappa shape index (κ3) is 0.976. The van der Waals surface area contributed by atoms with E-state index in [1.54, 1.807) is 4.90 Å². The zero-order valence-electron chi connectivity index (χ0n) is 6.32. The van der Waals surface area contributed by atoms with Crippen molar-refractivity contribution in [2.45, 2.75) is 24.9 Å². The lowest BCUT2D eigenvalue weighted by molar-refractivity contribution is 0.152. The van der Waals surface area contributed by atoms with Crippen LogP contribution in [0.4, 0.5) is 4.79 Å². The minimum absolute atomic E-state index is 0.121. The maximum absolute atomic E-state index is 11.0. The Morgan fingerprint density at radius 1 is 1.64 bits per heavy atom. The number of fused-ring (bicyclic) bond motifs is 1. The largest absolute Gasteiger partial charge is 0.447 e. The number of ether oxygens (including phenoxy) is 1. The number of hydrogen-bond donors (Lipinski definition) is 1. The van der Waals surface area contributed by atoms with Gasteiger partial charge in [-0.1, -0.05) is 0 Å². The summed E-state index contributed by atoms with van der Waals surface area (Å²) in [5, 5.41) is 0. The van der Waals surface area contributed by atoms with Gasteiger partial charge in [-0.25, -0.2) is 4.79 Å². The highest BCUT2D eigenvalue weighted by Gasteiger charge is 2.38. The molecule has 0 aromatic heterocycles. The van der Waals surface area contributed by atoms with Crippen LogP contribution in [0, 0.1) is 0 Å². The average molecular weight is 156 g/mol. The molecule has 0 radical (unpaired) electrons. The molecule has 0 bridgehead atoms. The van der Waals surface area contributed by atoms with Crippen LogP contribution in [-0.4, -0.2) is 36.2 Å². The van der Waals surface area contributed by atoms with Crippen LogP contribution >= 0.6 is 0 Å². The van der Waals surface area contributed by atoms with Crippen molar-refractivity contribution >= 4 is 6.09 Å². The Bertz CT molecular complexity index is 183. The summed E-state index contributed by atoms with van der Waals surface area (Å²) in [5.41, 5.74) is 5.81. The zero-order valence-corrected chi connectivity index (χ0v) is 6.32. The summed E-state index contributed by atoms with van der Waals surface area (Å²) in [4.78, 5) is 12.7. The fourth-order valence-electron chi connectivity index (χ4n) is 1.77. The Morgan fingerprint density at radius 2 is 2.45 bits per heavy atom. The number of rotatable bonds is 0. The van der Waals surface area contributed by atoms with Gasteiger partial charge in [0, 0.05) is 12.6 Å². The number of nitrogens with two attached hydrogens (primary N) is 1. The molecular weight excluding hydrogens is 144 g/mol. The van der Waals surface area contributed by atoms with Gasteiger partial charge in [0.2, 0.25) is 0 Å². The van der Waals surface area contributed by atoms with Crippen LogP contribution < -0.4 is 5.73 Å². The highest BCUT2D eigenvalue weighted by atomic mass is 16.6. The summed E-state index contributed by atoms with van der Waals surface area (Å²) in [7, 11) is 0. The molecular formula is C7H12N2O2. The van der Waals surface area contributed by atoms with E-state index in [0.29, 0.717) is 6.61 Å². The molecule has 2 heterocycles. The van der Waals surface area contributed by atoms with Gasteiger partial charge in [-0.05, 0) is 12.8 Å². The molecule has 0 spiro atoms. The molecule has 2 aliphatic rings. The lowest BCUT2D eigenvalue weighted by Crippen LogP contribution is -2.50. The molecule has 0 aliphatic carbocycles. The van der Waals surface area contributed by atoms with E-state index in [-0.39, 0.29) is 18.2 Å². The van der Waals surface area contributed by atoms with E-state index in [1.807, 2.05) is 0 Å². The van der Waals surface area contributed by atoms with Crippen molar-refractivity contribution in [1.82, 2.24) is 4.90 Å². The molecule has 2 fully saturated rings. The maximum atomic E-state index is 11.0. The Morgan fingerprint density at radius 3 is 3.18 bits per heavy atom. The molecule has 2 N–H and O–H groups in total. The number of hydrogen-bond acceptors (Lipinski definition) is 3. The van der Waals surface area contributed by atoms with Crippen LogP contribution in [0.15, 0.2) is 0 Å². The van der Waals surface area contributed by atoms with Crippen LogP contribution in [0.2, 0.25) is 0 Å². The molecule has 2 aliphatic heterocycles. The second-order valence-electron chi connectivity index (χ2n) is 3.14. The van der Waals surface area contributed by atoms with Gasteiger partial charge in [-0.15, -0.1) is 0 Å². The van der Waals surface area contributed by atoms with Gasteiger partial charge in [0.1, 0.15) is 6.61 Å². The highest BCUT2D eigenvalue weighted by Crippen LogP contribution is 2.22. The number of amides is 1. The summed E-state index contributed by atoms with van der Waals surface area (Å²) in [6.07, 6.45) is 1.83. The van der Waals surface area contributed by atoms with Gasteiger partial charge in [0.25, 0.3) is 0 Å². The topological polar surface area (TPSA) is 55.6 Å². The maximum Gasteiger partial charge on any atom is 0.410 e. The van der Waals surface area contributed by atoms with Crippen molar-refractivity contribution < 1.29 is 9.53 Å². The number of cyclic esters (lactones) is 1. The van der Waals surface area contributed by atoms with Crippen molar-refractivity contribution in [3.63, 3.8) is 0 Å². The van der Waals surface area contributed by atoms with Crippen LogP contribution in [0.25, 0.3) is 0 Å². The van der Waals surface area contributed by atoms with Crippen molar-refractivity contribution in [2.24, 2.45) is 5.73 Å². The van der Waals surface area contributed by atoms with Crippen molar-refractivity contribution in [2.75, 3.05) is 13.2 Å². The SMILES string of the molecule is N[C@H]1CCCN2C(=O)OC[C@@H]12. The second kappa shape index (κ2) is 2.37. The van der Waals surface area contributed by atoms with E-state index in [9.17, 15) is 4.79 Å². The lowest BCUT2D eigenvalue weighted by Gasteiger charge is -2.31. The summed E-state index contributed by atoms with van der Waals surface area (Å²) >= 11 is 0. The first kappa shape index (κ1) is 6.91. The molecule has 0 aromatic carbocycles. The van der Waals surface area contributed by atoms with Gasteiger partial charge >= 0.3 is 6.09 Å². The van der Waals surface area contributed by atoms with Gasteiger partial charge < -0.3 is 15.4 Å². The summed E-state index contributed by atoms with van der Waals surface area (Å²) < 4.78 is 4.88. The van der Waals surface area contributed by atoms with Gasteiger partial charge in [-0.3, -0.25) is 0 Å². The fourth-order valence-corrected chi connectivity index (χ4v) is 1.77. The summed E-state index contributed by atoms with van der Waals surface area (Å²) in [5.74, 6) is 0. The van der Waals surface area contributed by atoms with E-state index >= 15 is 0 Å². The molecule has 2 saturated heterocycles. The van der Waals surface area contributed by atoms with Crippen molar-refractivity contribution in [3.05, 3.63) is 0 Å². The van der Waals surface area contributed by atoms with E-state index in [2.05, 4.69) is 0 Å². The molecule has 0 aromatic rings. The second-order valence-corrected chi connectivity index (χ2v) is 3.14. The van der Waals surface area contributed by atoms with Crippen LogP contribution in [0.1, 0.15) is 12.8 Å². The smallest absolute Gasteiger partial charge is 0.410 e. The molecule has 0 saturated carbocycles. The first-order chi connectivity index (χ1) is 5.29. The molecule has 62 valence electrons. The predicted octanol–water partition coefficient (Wildman–Crippen LogP) is -0.0717. The van der Waals surface area contributed by atoms with Crippen LogP contribution in [0.3, 0.4) is 0 Å². The molecule has 2 atom stereocenters. The Labute approximate surface area is 65.3 Å². The normalized spacial score (nSPS) is 36.8. The minimum atomic E-state index is -0.190. The number of carbonyl (C=O) groups is 1. The Balaban J connectivity index is 2.12. The number of piperidine rings is 1. The molecule has 4 heteroatoms. The summed E-state index contributed by atoms with van der Waals surface area (Å²) in [6.45, 7) is 1.30. The zero-order chi connectivity index (χ0) is 7.84. The van der Waals surface area contributed by atoms with Gasteiger partial charge in [0.15, 0.2) is 0 Å². The Hall–Kier alpha value is -0.770. The molecule has 2 rings (SSSR count). The third-order valence-corrected chi connectivity index (χ3v) is 2.44. The Kier molecular flexibility index (Phi) is 1.49. The van der Waals surface area contributed by atoms with Crippen LogP contribution in [-0.2, 0) is 4.74 Å². The fraction of sp³-hybridized carbons (Fsp3) is 0.857.